The molecule has 2 aromatic carbocycles. The van der Waals surface area contributed by atoms with Crippen molar-refractivity contribution in [2.24, 2.45) is 0 Å². The van der Waals surface area contributed by atoms with Crippen LogP contribution in [0.5, 0.6) is 5.75 Å². The molecule has 27 heavy (non-hydrogen) atoms. The summed E-state index contributed by atoms with van der Waals surface area (Å²) >= 11 is 3.32. The summed E-state index contributed by atoms with van der Waals surface area (Å²) in [5.41, 5.74) is 0.462. The highest BCUT2D eigenvalue weighted by Crippen LogP contribution is 2.20. The molecule has 0 spiro atoms. The molecule has 142 valence electrons. The van der Waals surface area contributed by atoms with Gasteiger partial charge < -0.3 is 19.5 Å². The van der Waals surface area contributed by atoms with Gasteiger partial charge in [-0.3, -0.25) is 4.79 Å². The SMILES string of the molecule is COC(=O)c1cc(NC(=O)[C@@H](C)Oc2ccc(Br)cc2)cc(C(=O)OC)c1. The van der Waals surface area contributed by atoms with Crippen molar-refractivity contribution in [2.75, 3.05) is 19.5 Å². The molecule has 0 saturated heterocycles. The highest BCUT2D eigenvalue weighted by molar-refractivity contribution is 9.10. The van der Waals surface area contributed by atoms with Gasteiger partial charge in [0, 0.05) is 10.2 Å². The molecule has 0 saturated carbocycles. The number of anilines is 1. The Morgan fingerprint density at radius 1 is 0.926 bits per heavy atom. The number of halogens is 1. The van der Waals surface area contributed by atoms with Crippen molar-refractivity contribution in [3.63, 3.8) is 0 Å². The van der Waals surface area contributed by atoms with Crippen molar-refractivity contribution in [2.45, 2.75) is 13.0 Å². The van der Waals surface area contributed by atoms with Gasteiger partial charge in [-0.2, -0.15) is 0 Å². The second-order valence-electron chi connectivity index (χ2n) is 5.49. The van der Waals surface area contributed by atoms with E-state index >= 15 is 0 Å². The zero-order chi connectivity index (χ0) is 20.0. The molecule has 0 bridgehead atoms. The molecule has 0 radical (unpaired) electrons. The minimum atomic E-state index is -0.811. The third-order valence-corrected chi connectivity index (χ3v) is 4.07. The summed E-state index contributed by atoms with van der Waals surface area (Å²) in [6.07, 6.45) is -0.811. The summed E-state index contributed by atoms with van der Waals surface area (Å²) in [4.78, 5) is 36.0. The van der Waals surface area contributed by atoms with Gasteiger partial charge in [-0.25, -0.2) is 9.59 Å². The van der Waals surface area contributed by atoms with Gasteiger partial charge in [-0.05, 0) is 49.4 Å². The summed E-state index contributed by atoms with van der Waals surface area (Å²) in [6.45, 7) is 1.59. The van der Waals surface area contributed by atoms with Gasteiger partial charge in [0.1, 0.15) is 5.75 Å². The van der Waals surface area contributed by atoms with E-state index in [4.69, 9.17) is 4.74 Å². The lowest BCUT2D eigenvalue weighted by Gasteiger charge is -2.15. The van der Waals surface area contributed by atoms with E-state index in [1.54, 1.807) is 31.2 Å². The van der Waals surface area contributed by atoms with E-state index in [-0.39, 0.29) is 16.8 Å². The van der Waals surface area contributed by atoms with Crippen molar-refractivity contribution in [3.8, 4) is 5.75 Å². The predicted octanol–water partition coefficient (Wildman–Crippen LogP) is 3.43. The molecular weight excluding hydrogens is 418 g/mol. The van der Waals surface area contributed by atoms with Crippen molar-refractivity contribution in [1.82, 2.24) is 0 Å². The quantitative estimate of drug-likeness (QED) is 0.698. The van der Waals surface area contributed by atoms with Gasteiger partial charge >= 0.3 is 11.9 Å². The molecule has 0 aromatic heterocycles. The fraction of sp³-hybridized carbons (Fsp3) is 0.211. The van der Waals surface area contributed by atoms with Crippen LogP contribution in [0.2, 0.25) is 0 Å². The van der Waals surface area contributed by atoms with E-state index in [9.17, 15) is 14.4 Å². The molecule has 0 aliphatic heterocycles. The van der Waals surface area contributed by atoms with Crippen molar-refractivity contribution >= 4 is 39.5 Å². The fourth-order valence-corrected chi connectivity index (χ4v) is 2.45. The Morgan fingerprint density at radius 3 is 1.93 bits per heavy atom. The molecule has 2 aromatic rings. The first kappa shape index (κ1) is 20.4. The molecule has 1 amide bonds. The number of rotatable bonds is 6. The van der Waals surface area contributed by atoms with E-state index in [0.717, 1.165) is 4.47 Å². The van der Waals surface area contributed by atoms with Crippen LogP contribution in [0.25, 0.3) is 0 Å². The average Bonchev–Trinajstić information content (AvgIpc) is 2.67. The number of esters is 2. The lowest BCUT2D eigenvalue weighted by molar-refractivity contribution is -0.122. The van der Waals surface area contributed by atoms with Crippen molar-refractivity contribution in [1.29, 1.82) is 0 Å². The third kappa shape index (κ3) is 5.55. The zero-order valence-electron chi connectivity index (χ0n) is 14.9. The van der Waals surface area contributed by atoms with Crippen LogP contribution in [0.1, 0.15) is 27.6 Å². The molecule has 0 unspecified atom stereocenters. The van der Waals surface area contributed by atoms with Gasteiger partial charge in [0.15, 0.2) is 6.10 Å². The number of nitrogens with one attached hydrogen (secondary N) is 1. The standard InChI is InChI=1S/C19H18BrNO6/c1-11(27-16-6-4-14(20)5-7-16)17(22)21-15-9-12(18(23)25-2)8-13(10-15)19(24)26-3/h4-11H,1-3H3,(H,21,22)/t11-/m1/s1. The lowest BCUT2D eigenvalue weighted by Crippen LogP contribution is -2.30. The highest BCUT2D eigenvalue weighted by atomic mass is 79.9. The Hall–Kier alpha value is -2.87. The van der Waals surface area contributed by atoms with Gasteiger partial charge in [-0.1, -0.05) is 15.9 Å². The molecule has 1 N–H and O–H groups in total. The second kappa shape index (κ2) is 9.18. The number of benzene rings is 2. The molecule has 0 fully saturated rings. The molecule has 1 atom stereocenters. The average molecular weight is 436 g/mol. The summed E-state index contributed by atoms with van der Waals surface area (Å²) in [5.74, 6) is -1.21. The Morgan fingerprint density at radius 2 is 1.44 bits per heavy atom. The van der Waals surface area contributed by atoms with Crippen LogP contribution in [-0.4, -0.2) is 38.2 Å². The first-order chi connectivity index (χ1) is 12.8. The highest BCUT2D eigenvalue weighted by Gasteiger charge is 2.18. The van der Waals surface area contributed by atoms with Crippen LogP contribution >= 0.6 is 15.9 Å². The number of amides is 1. The molecular formula is C19H18BrNO6. The number of methoxy groups -OCH3 is 2. The van der Waals surface area contributed by atoms with Crippen LogP contribution < -0.4 is 10.1 Å². The number of carbonyl (C=O) groups excluding carboxylic acids is 3. The first-order valence-corrected chi connectivity index (χ1v) is 8.68. The molecule has 0 heterocycles. The van der Waals surface area contributed by atoms with E-state index in [1.165, 1.54) is 32.4 Å². The number of carbonyl (C=O) groups is 3. The van der Waals surface area contributed by atoms with E-state index in [0.29, 0.717) is 5.75 Å². The third-order valence-electron chi connectivity index (χ3n) is 3.54. The summed E-state index contributed by atoms with van der Waals surface area (Å²) < 4.78 is 15.8. The van der Waals surface area contributed by atoms with E-state index < -0.39 is 23.9 Å². The largest absolute Gasteiger partial charge is 0.481 e. The molecule has 2 rings (SSSR count). The number of hydrogen-bond donors (Lipinski definition) is 1. The summed E-state index contributed by atoms with van der Waals surface area (Å²) in [6, 6.07) is 11.2. The second-order valence-corrected chi connectivity index (χ2v) is 6.40. The van der Waals surface area contributed by atoms with Gasteiger partial charge in [-0.15, -0.1) is 0 Å². The molecule has 0 aliphatic rings. The molecule has 0 aliphatic carbocycles. The van der Waals surface area contributed by atoms with Crippen LogP contribution in [0.3, 0.4) is 0 Å². The Bertz CT molecular complexity index is 816. The Kier molecular flexibility index (Phi) is 6.95. The molecule has 8 heteroatoms. The number of ether oxygens (including phenoxy) is 3. The van der Waals surface area contributed by atoms with Crippen LogP contribution in [0.4, 0.5) is 5.69 Å². The fourth-order valence-electron chi connectivity index (χ4n) is 2.19. The van der Waals surface area contributed by atoms with Crippen molar-refractivity contribution in [3.05, 3.63) is 58.1 Å². The number of hydrogen-bond acceptors (Lipinski definition) is 6. The zero-order valence-corrected chi connectivity index (χ0v) is 16.5. The Labute approximate surface area is 164 Å². The smallest absolute Gasteiger partial charge is 0.337 e. The van der Waals surface area contributed by atoms with E-state index in [2.05, 4.69) is 30.7 Å². The minimum absolute atomic E-state index is 0.109. The molecule has 7 nitrogen and oxygen atoms in total. The summed E-state index contributed by atoms with van der Waals surface area (Å²) in [7, 11) is 2.44. The van der Waals surface area contributed by atoms with Gasteiger partial charge in [0.2, 0.25) is 0 Å². The maximum absolute atomic E-state index is 12.4. The van der Waals surface area contributed by atoms with Crippen molar-refractivity contribution < 1.29 is 28.6 Å². The normalized spacial score (nSPS) is 11.3. The first-order valence-electron chi connectivity index (χ1n) is 7.89. The minimum Gasteiger partial charge on any atom is -0.481 e. The van der Waals surface area contributed by atoms with Gasteiger partial charge in [0.05, 0.1) is 25.3 Å². The predicted molar refractivity (Wildman–Crippen MR) is 102 cm³/mol. The van der Waals surface area contributed by atoms with Crippen LogP contribution in [0.15, 0.2) is 46.9 Å². The monoisotopic (exact) mass is 435 g/mol. The maximum Gasteiger partial charge on any atom is 0.337 e. The lowest BCUT2D eigenvalue weighted by atomic mass is 10.1. The Balaban J connectivity index is 2.18. The van der Waals surface area contributed by atoms with Crippen LogP contribution in [-0.2, 0) is 14.3 Å². The topological polar surface area (TPSA) is 90.9 Å². The van der Waals surface area contributed by atoms with E-state index in [1.807, 2.05) is 0 Å². The van der Waals surface area contributed by atoms with Gasteiger partial charge in [0.25, 0.3) is 5.91 Å². The summed E-state index contributed by atoms with van der Waals surface area (Å²) in [5, 5.41) is 2.62. The maximum atomic E-state index is 12.4. The van der Waals surface area contributed by atoms with Crippen LogP contribution in [0, 0.1) is 0 Å².